The number of hydrogen-bond acceptors (Lipinski definition) is 2. The Kier molecular flexibility index (Phi) is 8.39. The molecule has 73 heavy (non-hydrogen) atoms. The molecule has 338 valence electrons. The van der Waals surface area contributed by atoms with Crippen LogP contribution in [0.1, 0.15) is 0 Å². The maximum Gasteiger partial charge on any atom is 0.160 e. The minimum Gasteiger partial charge on any atom is -0.309 e. The van der Waals surface area contributed by atoms with Crippen LogP contribution in [-0.2, 0) is 0 Å². The van der Waals surface area contributed by atoms with E-state index in [2.05, 4.69) is 262 Å². The van der Waals surface area contributed by atoms with E-state index >= 15 is 0 Å². The highest BCUT2D eigenvalue weighted by Crippen LogP contribution is 2.45. The number of fused-ring (bicyclic) bond motifs is 13. The quantitative estimate of drug-likeness (QED) is 0.173. The maximum absolute atomic E-state index is 5.49. The first-order chi connectivity index (χ1) is 36.2. The van der Waals surface area contributed by atoms with Crippen LogP contribution in [0.3, 0.4) is 0 Å². The molecule has 0 saturated carbocycles. The van der Waals surface area contributed by atoms with Gasteiger partial charge in [0.15, 0.2) is 5.82 Å². The molecule has 4 heterocycles. The fraction of sp³-hybridized carbons (Fsp3) is 0. The smallest absolute Gasteiger partial charge is 0.160 e. The van der Waals surface area contributed by atoms with Gasteiger partial charge in [-0.25, -0.2) is 9.97 Å². The molecule has 12 aromatic carbocycles. The lowest BCUT2D eigenvalue weighted by atomic mass is 9.99. The molecule has 16 aromatic rings. The van der Waals surface area contributed by atoms with Gasteiger partial charge in [0.2, 0.25) is 0 Å². The highest BCUT2D eigenvalue weighted by molar-refractivity contribution is 6.23. The molecule has 0 atom stereocenters. The first-order valence-corrected chi connectivity index (χ1v) is 25.0. The molecule has 0 amide bonds. The van der Waals surface area contributed by atoms with E-state index in [-0.39, 0.29) is 0 Å². The number of hydrogen-bond donors (Lipinski definition) is 0. The van der Waals surface area contributed by atoms with Gasteiger partial charge in [0.05, 0.1) is 50.0 Å². The van der Waals surface area contributed by atoms with E-state index in [4.69, 9.17) is 9.97 Å². The summed E-state index contributed by atoms with van der Waals surface area (Å²) in [6.07, 6.45) is 0. The van der Waals surface area contributed by atoms with Gasteiger partial charge in [-0.1, -0.05) is 170 Å². The minimum atomic E-state index is 0.698. The molecule has 0 fully saturated rings. The van der Waals surface area contributed by atoms with Crippen LogP contribution in [0.2, 0.25) is 0 Å². The van der Waals surface area contributed by atoms with E-state index in [1.54, 1.807) is 0 Å². The van der Waals surface area contributed by atoms with Crippen molar-refractivity contribution in [2.75, 3.05) is 0 Å². The Labute approximate surface area is 418 Å². The SMILES string of the molecule is c1ccc(-n2c3ccccc3c3c(-c4nc(-c5ccc6cc(-n7c8ccccc8c8c(-n9c%10ccccc%10c%10cc%11ccccc%11cc%109)c9ccccc9cc87)ccc6c5)nc5ccccc45)cccc32)cc1. The maximum atomic E-state index is 5.49. The van der Waals surface area contributed by atoms with E-state index in [9.17, 15) is 0 Å². The normalized spacial score (nSPS) is 12.1. The summed E-state index contributed by atoms with van der Waals surface area (Å²) in [6.45, 7) is 0. The third kappa shape index (κ3) is 5.85. The second kappa shape index (κ2) is 15.3. The molecule has 0 aliphatic heterocycles. The largest absolute Gasteiger partial charge is 0.309 e. The molecule has 0 N–H and O–H groups in total. The average molecular weight is 928 g/mol. The van der Waals surface area contributed by atoms with Crippen LogP contribution >= 0.6 is 0 Å². The van der Waals surface area contributed by atoms with Crippen molar-refractivity contribution in [2.45, 2.75) is 0 Å². The Morgan fingerprint density at radius 3 is 1.63 bits per heavy atom. The average Bonchev–Trinajstić information content (AvgIpc) is 4.09. The zero-order valence-electron chi connectivity index (χ0n) is 39.4. The van der Waals surface area contributed by atoms with Gasteiger partial charge in [-0.3, -0.25) is 0 Å². The van der Waals surface area contributed by atoms with E-state index < -0.39 is 0 Å². The summed E-state index contributed by atoms with van der Waals surface area (Å²) in [4.78, 5) is 10.7. The van der Waals surface area contributed by atoms with E-state index in [1.165, 1.54) is 70.6 Å². The first-order valence-electron chi connectivity index (χ1n) is 25.0. The van der Waals surface area contributed by atoms with Crippen molar-refractivity contribution in [1.29, 1.82) is 0 Å². The molecular formula is C68H41N5. The Bertz CT molecular complexity index is 4980. The third-order valence-electron chi connectivity index (χ3n) is 15.3. The molecule has 5 heteroatoms. The second-order valence-corrected chi connectivity index (χ2v) is 19.3. The molecule has 5 nitrogen and oxygen atoms in total. The van der Waals surface area contributed by atoms with E-state index in [0.717, 1.165) is 71.9 Å². The molecule has 0 unspecified atom stereocenters. The first kappa shape index (κ1) is 39.9. The number of nitrogens with zero attached hydrogens (tertiary/aromatic N) is 5. The van der Waals surface area contributed by atoms with Crippen molar-refractivity contribution >= 4 is 109 Å². The van der Waals surface area contributed by atoms with Crippen molar-refractivity contribution in [3.63, 3.8) is 0 Å². The third-order valence-corrected chi connectivity index (χ3v) is 15.3. The van der Waals surface area contributed by atoms with Crippen molar-refractivity contribution in [3.05, 3.63) is 249 Å². The Morgan fingerprint density at radius 2 is 0.836 bits per heavy atom. The molecule has 0 aliphatic carbocycles. The number of aromatic nitrogens is 5. The van der Waals surface area contributed by atoms with Crippen molar-refractivity contribution in [3.8, 4) is 39.7 Å². The lowest BCUT2D eigenvalue weighted by molar-refractivity contribution is 1.18. The summed E-state index contributed by atoms with van der Waals surface area (Å²) in [5.74, 6) is 0.698. The van der Waals surface area contributed by atoms with Crippen LogP contribution < -0.4 is 0 Å². The van der Waals surface area contributed by atoms with Crippen molar-refractivity contribution in [1.82, 2.24) is 23.7 Å². The van der Waals surface area contributed by atoms with Gasteiger partial charge in [-0.05, 0) is 106 Å². The molecule has 0 aliphatic rings. The van der Waals surface area contributed by atoms with Gasteiger partial charge < -0.3 is 13.7 Å². The highest BCUT2D eigenvalue weighted by atomic mass is 15.0. The van der Waals surface area contributed by atoms with Gasteiger partial charge in [-0.15, -0.1) is 0 Å². The number of para-hydroxylation sites is 5. The second-order valence-electron chi connectivity index (χ2n) is 19.3. The number of benzene rings is 12. The topological polar surface area (TPSA) is 40.6 Å². The minimum absolute atomic E-state index is 0.698. The summed E-state index contributed by atoms with van der Waals surface area (Å²) in [5.41, 5.74) is 14.3. The van der Waals surface area contributed by atoms with Crippen LogP contribution in [0.15, 0.2) is 249 Å². The van der Waals surface area contributed by atoms with Crippen molar-refractivity contribution in [2.24, 2.45) is 0 Å². The predicted molar refractivity (Wildman–Crippen MR) is 306 cm³/mol. The summed E-state index contributed by atoms with van der Waals surface area (Å²) < 4.78 is 7.36. The predicted octanol–water partition coefficient (Wildman–Crippen LogP) is 17.7. The Morgan fingerprint density at radius 1 is 0.274 bits per heavy atom. The molecule has 4 aromatic heterocycles. The van der Waals surface area contributed by atoms with Gasteiger partial charge in [-0.2, -0.15) is 0 Å². The molecule has 0 saturated heterocycles. The lowest BCUT2D eigenvalue weighted by Gasteiger charge is -2.16. The van der Waals surface area contributed by atoms with Gasteiger partial charge >= 0.3 is 0 Å². The molecule has 16 rings (SSSR count). The molecule has 0 bridgehead atoms. The Hall–Kier alpha value is -9.84. The van der Waals surface area contributed by atoms with Crippen LogP contribution in [0.4, 0.5) is 0 Å². The zero-order chi connectivity index (χ0) is 47.7. The van der Waals surface area contributed by atoms with Gasteiger partial charge in [0, 0.05) is 65.6 Å². The zero-order valence-corrected chi connectivity index (χ0v) is 39.4. The van der Waals surface area contributed by atoms with Crippen LogP contribution in [0, 0.1) is 0 Å². The fourth-order valence-corrected chi connectivity index (χ4v) is 12.2. The monoisotopic (exact) mass is 927 g/mol. The lowest BCUT2D eigenvalue weighted by Crippen LogP contribution is -1.99. The molecule has 0 radical (unpaired) electrons. The number of rotatable bonds is 5. The van der Waals surface area contributed by atoms with Gasteiger partial charge in [0.1, 0.15) is 0 Å². The fourth-order valence-electron chi connectivity index (χ4n) is 12.2. The summed E-state index contributed by atoms with van der Waals surface area (Å²) in [7, 11) is 0. The van der Waals surface area contributed by atoms with Gasteiger partial charge in [0.25, 0.3) is 0 Å². The van der Waals surface area contributed by atoms with E-state index in [0.29, 0.717) is 5.82 Å². The van der Waals surface area contributed by atoms with Crippen LogP contribution in [0.25, 0.3) is 148 Å². The summed E-state index contributed by atoms with van der Waals surface area (Å²) in [6, 6.07) is 90.4. The van der Waals surface area contributed by atoms with Crippen LogP contribution in [0.5, 0.6) is 0 Å². The standard InChI is InChI=1S/C68H41N5/c1-2-20-48(21-3-1)71-59-30-14-10-25-53(59)64-55(27-16-32-61(64)71)66-52-24-8-12-28-57(52)69-68(70-66)47-34-33-45-38-49(36-35-44(45)37-47)72-60-31-15-11-26-54(60)65-63(72)41-46-19-6-7-22-50(46)67(65)73-58-29-13-9-23-51(58)56-39-42-17-4-5-18-43(42)40-62(56)73/h1-41H. The summed E-state index contributed by atoms with van der Waals surface area (Å²) in [5, 5.41) is 15.5. The molecule has 0 spiro atoms. The molecular weight excluding hydrogens is 887 g/mol. The van der Waals surface area contributed by atoms with Crippen molar-refractivity contribution < 1.29 is 0 Å². The Balaban J connectivity index is 0.881. The van der Waals surface area contributed by atoms with E-state index in [1.807, 2.05) is 0 Å². The summed E-state index contributed by atoms with van der Waals surface area (Å²) >= 11 is 0. The highest BCUT2D eigenvalue weighted by Gasteiger charge is 2.24. The van der Waals surface area contributed by atoms with Crippen LogP contribution in [-0.4, -0.2) is 23.7 Å².